The average molecular weight is 336 g/mol. The smallest absolute Gasteiger partial charge is 0.221 e. The molecule has 1 saturated heterocycles. The SMILES string of the molecule is CC(=O)N(CCC(=O)NCCc1ccc(F)cc1)CC1CCCO1. The summed E-state index contributed by atoms with van der Waals surface area (Å²) in [5.74, 6) is -0.390. The first kappa shape index (κ1) is 18.4. The fraction of sp³-hybridized carbons (Fsp3) is 0.556. The van der Waals surface area contributed by atoms with Crippen LogP contribution in [-0.4, -0.2) is 49.1 Å². The Morgan fingerprint density at radius 2 is 2.08 bits per heavy atom. The molecular weight excluding hydrogens is 311 g/mol. The molecule has 1 heterocycles. The highest BCUT2D eigenvalue weighted by molar-refractivity contribution is 5.78. The van der Waals surface area contributed by atoms with Gasteiger partial charge in [-0.25, -0.2) is 4.39 Å². The van der Waals surface area contributed by atoms with Gasteiger partial charge in [-0.1, -0.05) is 12.1 Å². The molecule has 0 spiro atoms. The molecule has 5 nitrogen and oxygen atoms in total. The highest BCUT2D eigenvalue weighted by atomic mass is 19.1. The zero-order valence-electron chi connectivity index (χ0n) is 14.1. The molecule has 0 aromatic heterocycles. The molecular formula is C18H25FN2O3. The van der Waals surface area contributed by atoms with Gasteiger partial charge in [0.1, 0.15) is 5.82 Å². The lowest BCUT2D eigenvalue weighted by Crippen LogP contribution is -2.38. The number of nitrogens with one attached hydrogen (secondary N) is 1. The van der Waals surface area contributed by atoms with E-state index in [0.29, 0.717) is 26.1 Å². The number of amides is 2. The summed E-state index contributed by atoms with van der Waals surface area (Å²) in [5, 5.41) is 2.83. The summed E-state index contributed by atoms with van der Waals surface area (Å²) in [6, 6.07) is 6.24. The maximum absolute atomic E-state index is 12.8. The summed E-state index contributed by atoms with van der Waals surface area (Å²) < 4.78 is 18.4. The number of nitrogens with zero attached hydrogens (tertiary/aromatic N) is 1. The van der Waals surface area contributed by atoms with Crippen LogP contribution in [0, 0.1) is 5.82 Å². The minimum absolute atomic E-state index is 0.0374. The number of hydrogen-bond acceptors (Lipinski definition) is 3. The molecule has 1 fully saturated rings. The van der Waals surface area contributed by atoms with Crippen LogP contribution in [0.4, 0.5) is 4.39 Å². The fourth-order valence-electron chi connectivity index (χ4n) is 2.73. The van der Waals surface area contributed by atoms with Gasteiger partial charge in [-0.3, -0.25) is 9.59 Å². The normalized spacial score (nSPS) is 16.8. The highest BCUT2D eigenvalue weighted by Gasteiger charge is 2.21. The minimum atomic E-state index is -0.265. The van der Waals surface area contributed by atoms with E-state index < -0.39 is 0 Å². The Morgan fingerprint density at radius 3 is 2.71 bits per heavy atom. The fourth-order valence-corrected chi connectivity index (χ4v) is 2.73. The Morgan fingerprint density at radius 1 is 1.33 bits per heavy atom. The van der Waals surface area contributed by atoms with Crippen LogP contribution in [-0.2, 0) is 20.7 Å². The molecule has 1 aromatic carbocycles. The van der Waals surface area contributed by atoms with E-state index in [9.17, 15) is 14.0 Å². The van der Waals surface area contributed by atoms with Crippen molar-refractivity contribution in [1.82, 2.24) is 10.2 Å². The second kappa shape index (κ2) is 9.37. The van der Waals surface area contributed by atoms with Crippen LogP contribution in [0.3, 0.4) is 0 Å². The van der Waals surface area contributed by atoms with Gasteiger partial charge in [0.05, 0.1) is 6.10 Å². The zero-order chi connectivity index (χ0) is 17.4. The van der Waals surface area contributed by atoms with Gasteiger partial charge >= 0.3 is 0 Å². The summed E-state index contributed by atoms with van der Waals surface area (Å²) in [4.78, 5) is 25.3. The maximum atomic E-state index is 12.8. The third-order valence-corrected chi connectivity index (χ3v) is 4.15. The first-order chi connectivity index (χ1) is 11.5. The molecule has 6 heteroatoms. The van der Waals surface area contributed by atoms with E-state index >= 15 is 0 Å². The van der Waals surface area contributed by atoms with Crippen molar-refractivity contribution in [3.8, 4) is 0 Å². The van der Waals surface area contributed by atoms with Gasteiger partial charge in [-0.2, -0.15) is 0 Å². The Kier molecular flexibility index (Phi) is 7.18. The monoisotopic (exact) mass is 336 g/mol. The third kappa shape index (κ3) is 6.28. The number of ether oxygens (including phenoxy) is 1. The summed E-state index contributed by atoms with van der Waals surface area (Å²) in [5.41, 5.74) is 0.973. The number of benzene rings is 1. The lowest BCUT2D eigenvalue weighted by atomic mass is 10.1. The lowest BCUT2D eigenvalue weighted by Gasteiger charge is -2.23. The quantitative estimate of drug-likeness (QED) is 0.789. The molecule has 0 aliphatic carbocycles. The number of carbonyl (C=O) groups excluding carboxylic acids is 2. The van der Waals surface area contributed by atoms with Gasteiger partial charge in [0, 0.05) is 39.6 Å². The molecule has 132 valence electrons. The van der Waals surface area contributed by atoms with Gasteiger partial charge in [0.25, 0.3) is 0 Å². The van der Waals surface area contributed by atoms with Crippen LogP contribution < -0.4 is 5.32 Å². The van der Waals surface area contributed by atoms with Crippen molar-refractivity contribution in [2.75, 3.05) is 26.2 Å². The lowest BCUT2D eigenvalue weighted by molar-refractivity contribution is -0.131. The van der Waals surface area contributed by atoms with Crippen LogP contribution in [0.25, 0.3) is 0 Å². The van der Waals surface area contributed by atoms with E-state index in [0.717, 1.165) is 25.0 Å². The van der Waals surface area contributed by atoms with Gasteiger partial charge in [-0.15, -0.1) is 0 Å². The van der Waals surface area contributed by atoms with E-state index in [4.69, 9.17) is 4.74 Å². The molecule has 1 aliphatic rings. The minimum Gasteiger partial charge on any atom is -0.376 e. The Hall–Kier alpha value is -1.95. The highest BCUT2D eigenvalue weighted by Crippen LogP contribution is 2.13. The van der Waals surface area contributed by atoms with Crippen LogP contribution in [0.15, 0.2) is 24.3 Å². The largest absolute Gasteiger partial charge is 0.376 e. The maximum Gasteiger partial charge on any atom is 0.221 e. The van der Waals surface area contributed by atoms with E-state index in [-0.39, 0.29) is 30.2 Å². The molecule has 2 amide bonds. The van der Waals surface area contributed by atoms with Gasteiger partial charge in [0.15, 0.2) is 0 Å². The van der Waals surface area contributed by atoms with Gasteiger partial charge < -0.3 is 15.0 Å². The van der Waals surface area contributed by atoms with Gasteiger partial charge in [0.2, 0.25) is 11.8 Å². The zero-order valence-corrected chi connectivity index (χ0v) is 14.1. The van der Waals surface area contributed by atoms with Crippen LogP contribution in [0.5, 0.6) is 0 Å². The molecule has 1 unspecified atom stereocenters. The Labute approximate surface area is 142 Å². The molecule has 1 aromatic rings. The standard InChI is InChI=1S/C18H25FN2O3/c1-14(22)21(13-17-3-2-12-24-17)11-9-18(23)20-10-8-15-4-6-16(19)7-5-15/h4-7,17H,2-3,8-13H2,1H3,(H,20,23). The molecule has 24 heavy (non-hydrogen) atoms. The molecule has 0 bridgehead atoms. The number of halogens is 1. The van der Waals surface area contributed by atoms with E-state index in [1.165, 1.54) is 19.1 Å². The number of carbonyl (C=O) groups is 2. The molecule has 1 N–H and O–H groups in total. The Balaban J connectivity index is 1.66. The number of hydrogen-bond donors (Lipinski definition) is 1. The van der Waals surface area contributed by atoms with Crippen molar-refractivity contribution in [2.24, 2.45) is 0 Å². The van der Waals surface area contributed by atoms with Crippen LogP contribution in [0.1, 0.15) is 31.7 Å². The van der Waals surface area contributed by atoms with Crippen LogP contribution in [0.2, 0.25) is 0 Å². The third-order valence-electron chi connectivity index (χ3n) is 4.15. The first-order valence-corrected chi connectivity index (χ1v) is 8.43. The van der Waals surface area contributed by atoms with Gasteiger partial charge in [-0.05, 0) is 37.0 Å². The Bertz CT molecular complexity index is 542. The summed E-state index contributed by atoms with van der Waals surface area (Å²) >= 11 is 0. The second-order valence-electron chi connectivity index (χ2n) is 6.08. The topological polar surface area (TPSA) is 58.6 Å². The van der Waals surface area contributed by atoms with Crippen molar-refractivity contribution >= 4 is 11.8 Å². The van der Waals surface area contributed by atoms with E-state index in [1.807, 2.05) is 0 Å². The molecule has 1 atom stereocenters. The van der Waals surface area contributed by atoms with Crippen molar-refractivity contribution in [3.05, 3.63) is 35.6 Å². The van der Waals surface area contributed by atoms with Crippen molar-refractivity contribution in [1.29, 1.82) is 0 Å². The summed E-state index contributed by atoms with van der Waals surface area (Å²) in [6.07, 6.45) is 3.01. The predicted octanol–water partition coefficient (Wildman–Crippen LogP) is 1.90. The predicted molar refractivity (Wildman–Crippen MR) is 89.0 cm³/mol. The van der Waals surface area contributed by atoms with Crippen molar-refractivity contribution in [2.45, 2.75) is 38.7 Å². The summed E-state index contributed by atoms with van der Waals surface area (Å²) in [6.45, 7) is 3.72. The molecule has 1 aliphatic heterocycles. The molecule has 2 rings (SSSR count). The first-order valence-electron chi connectivity index (χ1n) is 8.43. The molecule has 0 saturated carbocycles. The number of rotatable bonds is 8. The summed E-state index contributed by atoms with van der Waals surface area (Å²) in [7, 11) is 0. The van der Waals surface area contributed by atoms with Crippen LogP contribution >= 0.6 is 0 Å². The van der Waals surface area contributed by atoms with Crippen molar-refractivity contribution < 1.29 is 18.7 Å². The van der Waals surface area contributed by atoms with E-state index in [2.05, 4.69) is 5.32 Å². The second-order valence-corrected chi connectivity index (χ2v) is 6.08. The van der Waals surface area contributed by atoms with E-state index in [1.54, 1.807) is 17.0 Å². The average Bonchev–Trinajstić information content (AvgIpc) is 3.06. The van der Waals surface area contributed by atoms with Crippen molar-refractivity contribution in [3.63, 3.8) is 0 Å². The molecule has 0 radical (unpaired) electrons.